The number of nitrogens with two attached hydrogens (primary N) is 1. The van der Waals surface area contributed by atoms with Gasteiger partial charge in [0.15, 0.2) is 5.84 Å². The summed E-state index contributed by atoms with van der Waals surface area (Å²) in [4.78, 5) is 0. The van der Waals surface area contributed by atoms with Gasteiger partial charge in [-0.05, 0) is 43.9 Å². The molecule has 1 fully saturated rings. The Balaban J connectivity index is 2.18. The first kappa shape index (κ1) is 13.6. The molecule has 0 amide bonds. The normalized spacial score (nSPS) is 18.1. The van der Waals surface area contributed by atoms with E-state index in [-0.39, 0.29) is 11.9 Å². The highest BCUT2D eigenvalue weighted by Gasteiger charge is 2.17. The molecule has 0 aliphatic heterocycles. The van der Waals surface area contributed by atoms with Crippen molar-refractivity contribution < 1.29 is 14.3 Å². The molecule has 4 nitrogen and oxygen atoms in total. The summed E-state index contributed by atoms with van der Waals surface area (Å²) in [7, 11) is 0. The lowest BCUT2D eigenvalue weighted by Crippen LogP contribution is -2.20. The van der Waals surface area contributed by atoms with Gasteiger partial charge in [-0.1, -0.05) is 18.0 Å². The van der Waals surface area contributed by atoms with Crippen molar-refractivity contribution in [3.05, 3.63) is 29.6 Å². The fraction of sp³-hybridized carbons (Fsp3) is 0.500. The van der Waals surface area contributed by atoms with Gasteiger partial charge >= 0.3 is 0 Å². The van der Waals surface area contributed by atoms with E-state index < -0.39 is 5.82 Å². The fourth-order valence-electron chi connectivity index (χ4n) is 2.40. The Labute approximate surface area is 112 Å². The summed E-state index contributed by atoms with van der Waals surface area (Å²) in [6.45, 7) is 0. The van der Waals surface area contributed by atoms with Crippen LogP contribution in [0.4, 0.5) is 4.39 Å². The van der Waals surface area contributed by atoms with Crippen molar-refractivity contribution in [3.63, 3.8) is 0 Å². The maximum absolute atomic E-state index is 13.2. The number of hydrogen-bond donors (Lipinski definition) is 2. The Morgan fingerprint density at radius 2 is 1.95 bits per heavy atom. The van der Waals surface area contributed by atoms with Crippen LogP contribution in [-0.4, -0.2) is 17.1 Å². The molecule has 0 bridgehead atoms. The highest BCUT2D eigenvalue weighted by molar-refractivity contribution is 5.99. The third kappa shape index (κ3) is 3.59. The van der Waals surface area contributed by atoms with Gasteiger partial charge in [0.2, 0.25) is 0 Å². The molecule has 0 heterocycles. The number of hydrogen-bond acceptors (Lipinski definition) is 3. The van der Waals surface area contributed by atoms with Crippen LogP contribution >= 0.6 is 0 Å². The van der Waals surface area contributed by atoms with Crippen LogP contribution in [0.2, 0.25) is 0 Å². The highest BCUT2D eigenvalue weighted by Crippen LogP contribution is 2.26. The molecule has 0 atom stereocenters. The molecular weight excluding hydrogens is 247 g/mol. The number of amidine groups is 1. The topological polar surface area (TPSA) is 67.8 Å². The standard InChI is InChI=1S/C14H19FN2O2/c15-10-7-8-13(12(9-10)14(16)17-18)19-11-5-3-1-2-4-6-11/h7-9,11,18H,1-6H2,(H2,16,17). The van der Waals surface area contributed by atoms with Gasteiger partial charge in [-0.15, -0.1) is 0 Å². The minimum atomic E-state index is -0.435. The van der Waals surface area contributed by atoms with Gasteiger partial charge in [0.1, 0.15) is 11.6 Å². The van der Waals surface area contributed by atoms with Gasteiger partial charge in [0, 0.05) is 0 Å². The van der Waals surface area contributed by atoms with Crippen LogP contribution in [0.5, 0.6) is 5.75 Å². The molecule has 1 saturated carbocycles. The zero-order chi connectivity index (χ0) is 13.7. The lowest BCUT2D eigenvalue weighted by molar-refractivity contribution is 0.183. The van der Waals surface area contributed by atoms with E-state index in [1.807, 2.05) is 0 Å². The van der Waals surface area contributed by atoms with Crippen molar-refractivity contribution in [1.82, 2.24) is 0 Å². The van der Waals surface area contributed by atoms with Gasteiger partial charge < -0.3 is 15.7 Å². The number of rotatable bonds is 3. The van der Waals surface area contributed by atoms with Gasteiger partial charge in [-0.3, -0.25) is 0 Å². The maximum Gasteiger partial charge on any atom is 0.173 e. The first-order valence-electron chi connectivity index (χ1n) is 6.65. The smallest absolute Gasteiger partial charge is 0.173 e. The van der Waals surface area contributed by atoms with Crippen LogP contribution < -0.4 is 10.5 Å². The van der Waals surface area contributed by atoms with Crippen LogP contribution in [-0.2, 0) is 0 Å². The van der Waals surface area contributed by atoms with E-state index in [1.165, 1.54) is 31.0 Å². The third-order valence-corrected chi connectivity index (χ3v) is 3.42. The molecule has 1 aromatic rings. The van der Waals surface area contributed by atoms with E-state index in [0.717, 1.165) is 25.7 Å². The largest absolute Gasteiger partial charge is 0.490 e. The van der Waals surface area contributed by atoms with Gasteiger partial charge in [-0.2, -0.15) is 0 Å². The molecule has 0 aromatic heterocycles. The minimum absolute atomic E-state index is 0.123. The molecule has 19 heavy (non-hydrogen) atoms. The summed E-state index contributed by atoms with van der Waals surface area (Å²) in [5, 5.41) is 11.7. The van der Waals surface area contributed by atoms with Crippen LogP contribution in [0.3, 0.4) is 0 Å². The molecule has 0 spiro atoms. The van der Waals surface area contributed by atoms with E-state index in [4.69, 9.17) is 15.7 Å². The quantitative estimate of drug-likeness (QED) is 0.290. The lowest BCUT2D eigenvalue weighted by atomic mass is 10.1. The zero-order valence-electron chi connectivity index (χ0n) is 10.8. The summed E-state index contributed by atoms with van der Waals surface area (Å²) in [6, 6.07) is 4.08. The average Bonchev–Trinajstić information content (AvgIpc) is 2.68. The molecule has 1 aliphatic rings. The summed E-state index contributed by atoms with van der Waals surface area (Å²) >= 11 is 0. The van der Waals surface area contributed by atoms with Crippen LogP contribution in [0, 0.1) is 5.82 Å². The SMILES string of the molecule is N/C(=N/O)c1cc(F)ccc1OC1CCCCCC1. The summed E-state index contributed by atoms with van der Waals surface area (Å²) in [6.07, 6.45) is 6.86. The van der Waals surface area contributed by atoms with E-state index in [9.17, 15) is 4.39 Å². The predicted octanol–water partition coefficient (Wildman–Crippen LogP) is 3.02. The second kappa shape index (κ2) is 6.41. The Hall–Kier alpha value is -1.78. The van der Waals surface area contributed by atoms with Crippen molar-refractivity contribution in [2.75, 3.05) is 0 Å². The number of ether oxygens (including phenoxy) is 1. The van der Waals surface area contributed by atoms with Crippen molar-refractivity contribution in [2.45, 2.75) is 44.6 Å². The second-order valence-corrected chi connectivity index (χ2v) is 4.86. The highest BCUT2D eigenvalue weighted by atomic mass is 19.1. The Morgan fingerprint density at radius 1 is 1.26 bits per heavy atom. The van der Waals surface area contributed by atoms with E-state index in [2.05, 4.69) is 5.16 Å². The van der Waals surface area contributed by atoms with Crippen molar-refractivity contribution in [2.24, 2.45) is 10.9 Å². The van der Waals surface area contributed by atoms with Crippen LogP contribution in [0.1, 0.15) is 44.1 Å². The Bertz CT molecular complexity index is 455. The molecule has 5 heteroatoms. The average molecular weight is 266 g/mol. The lowest BCUT2D eigenvalue weighted by Gasteiger charge is -2.19. The Morgan fingerprint density at radius 3 is 2.58 bits per heavy atom. The summed E-state index contributed by atoms with van der Waals surface area (Å²) < 4.78 is 19.1. The maximum atomic E-state index is 13.2. The third-order valence-electron chi connectivity index (χ3n) is 3.42. The molecule has 104 valence electrons. The monoisotopic (exact) mass is 266 g/mol. The molecule has 1 aliphatic carbocycles. The van der Waals surface area contributed by atoms with E-state index in [1.54, 1.807) is 0 Å². The number of oxime groups is 1. The van der Waals surface area contributed by atoms with Gasteiger partial charge in [0.05, 0.1) is 11.7 Å². The molecule has 0 radical (unpaired) electrons. The summed E-state index contributed by atoms with van der Waals surface area (Å²) in [5.74, 6) is -0.0958. The van der Waals surface area contributed by atoms with Crippen molar-refractivity contribution in [3.8, 4) is 5.75 Å². The molecule has 1 aromatic carbocycles. The predicted molar refractivity (Wildman–Crippen MR) is 71.0 cm³/mol. The molecule has 2 rings (SSSR count). The zero-order valence-corrected chi connectivity index (χ0v) is 10.8. The number of benzene rings is 1. The molecule has 0 saturated heterocycles. The van der Waals surface area contributed by atoms with E-state index >= 15 is 0 Å². The molecular formula is C14H19FN2O2. The Kier molecular flexibility index (Phi) is 4.60. The van der Waals surface area contributed by atoms with Gasteiger partial charge in [-0.25, -0.2) is 4.39 Å². The molecule has 3 N–H and O–H groups in total. The minimum Gasteiger partial charge on any atom is -0.490 e. The van der Waals surface area contributed by atoms with E-state index in [0.29, 0.717) is 11.3 Å². The number of halogens is 1. The first-order valence-corrected chi connectivity index (χ1v) is 6.65. The number of nitrogens with zero attached hydrogens (tertiary/aromatic N) is 1. The summed E-state index contributed by atoms with van der Waals surface area (Å²) in [5.41, 5.74) is 5.85. The van der Waals surface area contributed by atoms with Crippen LogP contribution in [0.25, 0.3) is 0 Å². The van der Waals surface area contributed by atoms with Gasteiger partial charge in [0.25, 0.3) is 0 Å². The van der Waals surface area contributed by atoms with Crippen LogP contribution in [0.15, 0.2) is 23.4 Å². The first-order chi connectivity index (χ1) is 9.20. The molecule has 0 unspecified atom stereocenters. The fourth-order valence-corrected chi connectivity index (χ4v) is 2.40. The van der Waals surface area contributed by atoms with Crippen molar-refractivity contribution >= 4 is 5.84 Å². The second-order valence-electron chi connectivity index (χ2n) is 4.86. The van der Waals surface area contributed by atoms with Crippen molar-refractivity contribution in [1.29, 1.82) is 0 Å².